The molecule has 0 aliphatic carbocycles. The number of esters is 1. The average molecular weight is 235 g/mol. The Balaban J connectivity index is 2.35. The van der Waals surface area contributed by atoms with Crippen molar-refractivity contribution < 1.29 is 9.53 Å². The van der Waals surface area contributed by atoms with Crippen LogP contribution in [0.3, 0.4) is 0 Å². The number of ether oxygens (including phenoxy) is 1. The minimum absolute atomic E-state index is 0.192. The highest BCUT2D eigenvalue weighted by atomic mass is 16.5. The Morgan fingerprint density at radius 1 is 1.35 bits per heavy atom. The first-order valence-electron chi connectivity index (χ1n) is 5.87. The third-order valence-electron chi connectivity index (χ3n) is 2.41. The average Bonchev–Trinajstić information content (AvgIpc) is 2.15. The summed E-state index contributed by atoms with van der Waals surface area (Å²) < 4.78 is 5.18. The number of rotatable bonds is 4. The highest BCUT2D eigenvalue weighted by molar-refractivity contribution is 5.72. The first kappa shape index (κ1) is 13.6. The topological polar surface area (TPSA) is 52.3 Å². The van der Waals surface area contributed by atoms with Crippen molar-refractivity contribution in [2.75, 3.05) is 12.3 Å². The van der Waals surface area contributed by atoms with Gasteiger partial charge in [0.1, 0.15) is 0 Å². The minimum Gasteiger partial charge on any atom is -0.465 e. The molecule has 0 bridgehead atoms. The molecule has 3 nitrogen and oxygen atoms in total. The van der Waals surface area contributed by atoms with Crippen LogP contribution in [0.2, 0.25) is 0 Å². The Bertz CT molecular complexity index is 380. The van der Waals surface area contributed by atoms with Gasteiger partial charge in [-0.05, 0) is 29.5 Å². The third kappa shape index (κ3) is 5.95. The molecule has 0 spiro atoms. The molecule has 1 rings (SSSR count). The van der Waals surface area contributed by atoms with Crippen LogP contribution < -0.4 is 5.73 Å². The van der Waals surface area contributed by atoms with Crippen molar-refractivity contribution in [3.63, 3.8) is 0 Å². The van der Waals surface area contributed by atoms with Crippen LogP contribution >= 0.6 is 0 Å². The number of nitrogen functional groups attached to an aromatic ring is 1. The summed E-state index contributed by atoms with van der Waals surface area (Å²) in [4.78, 5) is 11.5. The van der Waals surface area contributed by atoms with E-state index in [0.717, 1.165) is 12.0 Å². The second-order valence-corrected chi connectivity index (χ2v) is 5.45. The van der Waals surface area contributed by atoms with Gasteiger partial charge in [0.15, 0.2) is 0 Å². The van der Waals surface area contributed by atoms with Crippen molar-refractivity contribution in [2.45, 2.75) is 33.6 Å². The molecular weight excluding hydrogens is 214 g/mol. The first-order chi connectivity index (χ1) is 7.87. The van der Waals surface area contributed by atoms with Crippen molar-refractivity contribution in [1.82, 2.24) is 0 Å². The maximum absolute atomic E-state index is 11.5. The number of hydrogen-bond acceptors (Lipinski definition) is 3. The fourth-order valence-electron chi connectivity index (χ4n) is 1.39. The Morgan fingerprint density at radius 3 is 2.65 bits per heavy atom. The van der Waals surface area contributed by atoms with E-state index >= 15 is 0 Å². The summed E-state index contributed by atoms with van der Waals surface area (Å²) in [5.74, 6) is -0.195. The first-order valence-corrected chi connectivity index (χ1v) is 5.87. The molecule has 0 aromatic heterocycles. The van der Waals surface area contributed by atoms with Crippen molar-refractivity contribution in [3.05, 3.63) is 29.8 Å². The fourth-order valence-corrected chi connectivity index (χ4v) is 1.39. The van der Waals surface area contributed by atoms with E-state index in [1.807, 2.05) is 12.1 Å². The summed E-state index contributed by atoms with van der Waals surface area (Å²) in [7, 11) is 0. The van der Waals surface area contributed by atoms with Crippen LogP contribution in [0.1, 0.15) is 32.8 Å². The van der Waals surface area contributed by atoms with E-state index in [2.05, 4.69) is 20.8 Å². The molecule has 0 fully saturated rings. The lowest BCUT2D eigenvalue weighted by molar-refractivity contribution is -0.143. The number of hydrogen-bond donors (Lipinski definition) is 1. The largest absolute Gasteiger partial charge is 0.465 e. The van der Waals surface area contributed by atoms with Crippen LogP contribution in [0.4, 0.5) is 5.69 Å². The SMILES string of the molecule is CC(C)(C)CCOC(=O)Cc1cccc(N)c1. The van der Waals surface area contributed by atoms with E-state index in [0.29, 0.717) is 12.3 Å². The summed E-state index contributed by atoms with van der Waals surface area (Å²) in [6.07, 6.45) is 1.16. The zero-order valence-electron chi connectivity index (χ0n) is 10.8. The van der Waals surface area contributed by atoms with Crippen LogP contribution in [0.5, 0.6) is 0 Å². The lowest BCUT2D eigenvalue weighted by Gasteiger charge is -2.17. The zero-order valence-corrected chi connectivity index (χ0v) is 10.8. The summed E-state index contributed by atoms with van der Waals surface area (Å²) in [5.41, 5.74) is 7.40. The smallest absolute Gasteiger partial charge is 0.310 e. The Kier molecular flexibility index (Phi) is 4.55. The molecule has 0 saturated carbocycles. The minimum atomic E-state index is -0.195. The van der Waals surface area contributed by atoms with E-state index < -0.39 is 0 Å². The Morgan fingerprint density at radius 2 is 2.06 bits per heavy atom. The molecule has 2 N–H and O–H groups in total. The molecule has 3 heteroatoms. The van der Waals surface area contributed by atoms with Crippen molar-refractivity contribution in [1.29, 1.82) is 0 Å². The lowest BCUT2D eigenvalue weighted by atomic mass is 9.93. The predicted molar refractivity (Wildman–Crippen MR) is 69.6 cm³/mol. The van der Waals surface area contributed by atoms with E-state index in [9.17, 15) is 4.79 Å². The van der Waals surface area contributed by atoms with Crippen molar-refractivity contribution >= 4 is 11.7 Å². The number of nitrogens with two attached hydrogens (primary N) is 1. The van der Waals surface area contributed by atoms with Crippen LogP contribution in [-0.4, -0.2) is 12.6 Å². The van der Waals surface area contributed by atoms with E-state index in [1.165, 1.54) is 0 Å². The molecule has 0 unspecified atom stereocenters. The molecule has 0 radical (unpaired) electrons. The molecule has 94 valence electrons. The van der Waals surface area contributed by atoms with Gasteiger partial charge in [0.2, 0.25) is 0 Å². The number of anilines is 1. The molecule has 0 aliphatic rings. The number of carbonyl (C=O) groups is 1. The van der Waals surface area contributed by atoms with E-state index in [1.54, 1.807) is 12.1 Å². The van der Waals surface area contributed by atoms with Crippen LogP contribution in [-0.2, 0) is 16.0 Å². The number of benzene rings is 1. The Labute approximate surface area is 103 Å². The molecule has 0 saturated heterocycles. The lowest BCUT2D eigenvalue weighted by Crippen LogP contribution is -2.14. The summed E-state index contributed by atoms with van der Waals surface area (Å²) in [6, 6.07) is 7.31. The maximum Gasteiger partial charge on any atom is 0.310 e. The molecule has 1 aromatic rings. The quantitative estimate of drug-likeness (QED) is 0.645. The van der Waals surface area contributed by atoms with Gasteiger partial charge in [0.05, 0.1) is 13.0 Å². The van der Waals surface area contributed by atoms with Gasteiger partial charge in [0.25, 0.3) is 0 Å². The van der Waals surface area contributed by atoms with Gasteiger partial charge in [-0.25, -0.2) is 0 Å². The van der Waals surface area contributed by atoms with Crippen LogP contribution in [0.25, 0.3) is 0 Å². The number of carbonyl (C=O) groups excluding carboxylic acids is 1. The molecule has 17 heavy (non-hydrogen) atoms. The monoisotopic (exact) mass is 235 g/mol. The second kappa shape index (κ2) is 5.71. The van der Waals surface area contributed by atoms with E-state index in [-0.39, 0.29) is 17.8 Å². The zero-order chi connectivity index (χ0) is 12.9. The fraction of sp³-hybridized carbons (Fsp3) is 0.500. The second-order valence-electron chi connectivity index (χ2n) is 5.45. The highest BCUT2D eigenvalue weighted by Gasteiger charge is 2.11. The van der Waals surface area contributed by atoms with Crippen LogP contribution in [0.15, 0.2) is 24.3 Å². The van der Waals surface area contributed by atoms with Gasteiger partial charge in [-0.2, -0.15) is 0 Å². The van der Waals surface area contributed by atoms with Gasteiger partial charge < -0.3 is 10.5 Å². The molecular formula is C14H21NO2. The third-order valence-corrected chi connectivity index (χ3v) is 2.41. The molecule has 0 atom stereocenters. The molecule has 0 aliphatic heterocycles. The van der Waals surface area contributed by atoms with Gasteiger partial charge in [-0.1, -0.05) is 32.9 Å². The molecule has 1 aromatic carbocycles. The highest BCUT2D eigenvalue weighted by Crippen LogP contribution is 2.18. The standard InChI is InChI=1S/C14H21NO2/c1-14(2,3)7-8-17-13(16)10-11-5-4-6-12(15)9-11/h4-6,9H,7-8,10,15H2,1-3H3. The van der Waals surface area contributed by atoms with Gasteiger partial charge in [-0.15, -0.1) is 0 Å². The van der Waals surface area contributed by atoms with Gasteiger partial charge in [-0.3, -0.25) is 4.79 Å². The normalized spacial score (nSPS) is 11.2. The van der Waals surface area contributed by atoms with Gasteiger partial charge >= 0.3 is 5.97 Å². The molecule has 0 heterocycles. The van der Waals surface area contributed by atoms with E-state index in [4.69, 9.17) is 10.5 Å². The van der Waals surface area contributed by atoms with Gasteiger partial charge in [0, 0.05) is 5.69 Å². The molecule has 0 amide bonds. The predicted octanol–water partition coefficient (Wildman–Crippen LogP) is 2.79. The summed E-state index contributed by atoms with van der Waals surface area (Å²) in [6.45, 7) is 6.85. The van der Waals surface area contributed by atoms with Crippen molar-refractivity contribution in [3.8, 4) is 0 Å². The van der Waals surface area contributed by atoms with Crippen LogP contribution in [0, 0.1) is 5.41 Å². The maximum atomic E-state index is 11.5. The Hall–Kier alpha value is -1.51. The van der Waals surface area contributed by atoms with Crippen molar-refractivity contribution in [2.24, 2.45) is 5.41 Å². The summed E-state index contributed by atoms with van der Waals surface area (Å²) in [5, 5.41) is 0. The summed E-state index contributed by atoms with van der Waals surface area (Å²) >= 11 is 0.